The van der Waals surface area contributed by atoms with Gasteiger partial charge in [-0.25, -0.2) is 4.79 Å². The van der Waals surface area contributed by atoms with E-state index < -0.39 is 12.0 Å². The Bertz CT molecular complexity index is 801. The quantitative estimate of drug-likeness (QED) is 0.779. The first-order chi connectivity index (χ1) is 11.0. The molecule has 23 heavy (non-hydrogen) atoms. The van der Waals surface area contributed by atoms with Crippen LogP contribution in [0.4, 0.5) is 5.69 Å². The van der Waals surface area contributed by atoms with Gasteiger partial charge < -0.3 is 15.5 Å². The number of aliphatic carboxylic acids is 1. The molecule has 0 bridgehead atoms. The summed E-state index contributed by atoms with van der Waals surface area (Å²) in [4.78, 5) is 11.5. The van der Waals surface area contributed by atoms with Crippen molar-refractivity contribution >= 4 is 11.7 Å². The van der Waals surface area contributed by atoms with Crippen LogP contribution in [0, 0.1) is 22.7 Å². The molecule has 6 nitrogen and oxygen atoms in total. The molecule has 0 radical (unpaired) electrons. The zero-order valence-electron chi connectivity index (χ0n) is 12.0. The third-order valence-corrected chi connectivity index (χ3v) is 3.30. The summed E-state index contributed by atoms with van der Waals surface area (Å²) in [5.41, 5.74) is 1.33. The maximum absolute atomic E-state index is 11.5. The number of benzene rings is 2. The van der Waals surface area contributed by atoms with Crippen LogP contribution in [0.5, 0.6) is 5.75 Å². The van der Waals surface area contributed by atoms with Crippen molar-refractivity contribution in [1.29, 1.82) is 10.5 Å². The molecule has 2 rings (SSSR count). The molecule has 3 N–H and O–H groups in total. The van der Waals surface area contributed by atoms with Gasteiger partial charge in [0, 0.05) is 6.42 Å². The number of carboxylic acid groups (broad SMARTS) is 1. The summed E-state index contributed by atoms with van der Waals surface area (Å²) < 4.78 is 0. The molecular weight excluding hydrogens is 294 g/mol. The largest absolute Gasteiger partial charge is 0.508 e. The number of phenolic OH excluding ortho intramolecular Hbond substituents is 1. The van der Waals surface area contributed by atoms with E-state index in [1.165, 1.54) is 18.2 Å². The van der Waals surface area contributed by atoms with Crippen molar-refractivity contribution in [2.75, 3.05) is 5.32 Å². The Morgan fingerprint density at radius 1 is 1.13 bits per heavy atom. The molecule has 2 aromatic carbocycles. The topological polar surface area (TPSA) is 117 Å². The molecule has 0 spiro atoms. The molecule has 0 aliphatic carbocycles. The smallest absolute Gasteiger partial charge is 0.326 e. The number of nitrogens with one attached hydrogen (secondary N) is 1. The van der Waals surface area contributed by atoms with Gasteiger partial charge in [0.05, 0.1) is 16.8 Å². The van der Waals surface area contributed by atoms with Crippen molar-refractivity contribution < 1.29 is 15.0 Å². The number of phenols is 1. The fraction of sp³-hybridized carbons (Fsp3) is 0.118. The van der Waals surface area contributed by atoms with E-state index in [0.29, 0.717) is 5.69 Å². The van der Waals surface area contributed by atoms with E-state index in [4.69, 9.17) is 5.26 Å². The minimum absolute atomic E-state index is 0.0991. The molecule has 0 aliphatic heterocycles. The first-order valence-electron chi connectivity index (χ1n) is 6.75. The number of nitrogens with zero attached hydrogens (tertiary/aromatic N) is 2. The van der Waals surface area contributed by atoms with E-state index in [1.54, 1.807) is 24.3 Å². The summed E-state index contributed by atoms with van der Waals surface area (Å²) in [6.45, 7) is 0. The van der Waals surface area contributed by atoms with E-state index in [-0.39, 0.29) is 23.3 Å². The number of anilines is 1. The molecule has 0 aliphatic rings. The van der Waals surface area contributed by atoms with Gasteiger partial charge in [-0.2, -0.15) is 10.5 Å². The number of nitriles is 2. The van der Waals surface area contributed by atoms with Crippen molar-refractivity contribution in [3.63, 3.8) is 0 Å². The molecule has 0 saturated carbocycles. The highest BCUT2D eigenvalue weighted by molar-refractivity contribution is 5.79. The standard InChI is InChI=1S/C17H13N3O3/c18-9-12-2-1-3-15(14(12)10-19)20-16(17(22)23)8-11-4-6-13(21)7-5-11/h1-7,16,20-21H,8H2,(H,22,23)/t16-/m0/s1. The summed E-state index contributed by atoms with van der Waals surface area (Å²) in [5.74, 6) is -0.980. The lowest BCUT2D eigenvalue weighted by atomic mass is 10.0. The lowest BCUT2D eigenvalue weighted by Gasteiger charge is -2.17. The van der Waals surface area contributed by atoms with E-state index in [9.17, 15) is 20.3 Å². The predicted molar refractivity (Wildman–Crippen MR) is 82.7 cm³/mol. The SMILES string of the molecule is N#Cc1cccc(N[C@@H](Cc2ccc(O)cc2)C(=O)O)c1C#N. The number of hydrogen-bond acceptors (Lipinski definition) is 5. The summed E-state index contributed by atoms with van der Waals surface area (Å²) in [5, 5.41) is 39.6. The Morgan fingerprint density at radius 3 is 2.39 bits per heavy atom. The zero-order chi connectivity index (χ0) is 16.8. The lowest BCUT2D eigenvalue weighted by molar-refractivity contribution is -0.137. The van der Waals surface area contributed by atoms with Crippen LogP contribution in [0.25, 0.3) is 0 Å². The molecule has 0 fully saturated rings. The molecule has 0 unspecified atom stereocenters. The minimum Gasteiger partial charge on any atom is -0.508 e. The third-order valence-electron chi connectivity index (χ3n) is 3.30. The monoisotopic (exact) mass is 307 g/mol. The van der Waals surface area contributed by atoms with Gasteiger partial charge in [-0.05, 0) is 29.8 Å². The first-order valence-corrected chi connectivity index (χ1v) is 6.75. The lowest BCUT2D eigenvalue weighted by Crippen LogP contribution is -2.31. The zero-order valence-corrected chi connectivity index (χ0v) is 12.0. The molecular formula is C17H13N3O3. The number of hydrogen-bond donors (Lipinski definition) is 3. The van der Waals surface area contributed by atoms with Crippen LogP contribution in [0.3, 0.4) is 0 Å². The second kappa shape index (κ2) is 6.97. The van der Waals surface area contributed by atoms with Crippen molar-refractivity contribution in [2.24, 2.45) is 0 Å². The Hall–Kier alpha value is -3.51. The van der Waals surface area contributed by atoms with Gasteiger partial charge in [-0.15, -0.1) is 0 Å². The van der Waals surface area contributed by atoms with Crippen LogP contribution < -0.4 is 5.32 Å². The molecule has 0 aromatic heterocycles. The number of aromatic hydroxyl groups is 1. The van der Waals surface area contributed by atoms with Gasteiger partial charge >= 0.3 is 5.97 Å². The molecule has 1 atom stereocenters. The van der Waals surface area contributed by atoms with E-state index in [0.717, 1.165) is 5.56 Å². The van der Waals surface area contributed by atoms with Gasteiger partial charge in [0.25, 0.3) is 0 Å². The maximum atomic E-state index is 11.5. The third kappa shape index (κ3) is 3.78. The first kappa shape index (κ1) is 15.9. The van der Waals surface area contributed by atoms with E-state index in [2.05, 4.69) is 5.32 Å². The van der Waals surface area contributed by atoms with Crippen LogP contribution in [0.1, 0.15) is 16.7 Å². The van der Waals surface area contributed by atoms with Gasteiger partial charge in [-0.1, -0.05) is 18.2 Å². The Morgan fingerprint density at radius 2 is 1.83 bits per heavy atom. The van der Waals surface area contributed by atoms with E-state index >= 15 is 0 Å². The Kier molecular flexibility index (Phi) is 4.81. The van der Waals surface area contributed by atoms with Crippen molar-refractivity contribution in [3.05, 3.63) is 59.2 Å². The fourth-order valence-electron chi connectivity index (χ4n) is 2.14. The Balaban J connectivity index is 2.27. The average molecular weight is 307 g/mol. The minimum atomic E-state index is -1.08. The van der Waals surface area contributed by atoms with Crippen LogP contribution in [-0.2, 0) is 11.2 Å². The van der Waals surface area contributed by atoms with Crippen molar-refractivity contribution in [1.82, 2.24) is 0 Å². The van der Waals surface area contributed by atoms with Crippen molar-refractivity contribution in [3.8, 4) is 17.9 Å². The summed E-state index contributed by atoms with van der Waals surface area (Å²) in [6, 6.07) is 13.7. The van der Waals surface area contributed by atoms with Crippen LogP contribution in [0.15, 0.2) is 42.5 Å². The van der Waals surface area contributed by atoms with Crippen LogP contribution in [0.2, 0.25) is 0 Å². The Labute approximate surface area is 132 Å². The van der Waals surface area contributed by atoms with Gasteiger partial charge in [0.2, 0.25) is 0 Å². The normalized spacial score (nSPS) is 11.0. The van der Waals surface area contributed by atoms with Gasteiger partial charge in [0.15, 0.2) is 0 Å². The molecule has 0 heterocycles. The fourth-order valence-corrected chi connectivity index (χ4v) is 2.14. The molecule has 6 heteroatoms. The van der Waals surface area contributed by atoms with Crippen LogP contribution >= 0.6 is 0 Å². The summed E-state index contributed by atoms with van der Waals surface area (Å²) in [6.07, 6.45) is 0.164. The molecule has 114 valence electrons. The molecule has 2 aromatic rings. The maximum Gasteiger partial charge on any atom is 0.326 e. The highest BCUT2D eigenvalue weighted by Crippen LogP contribution is 2.21. The number of carbonyl (C=O) groups is 1. The van der Waals surface area contributed by atoms with Gasteiger partial charge in [-0.3, -0.25) is 0 Å². The second-order valence-electron chi connectivity index (χ2n) is 4.86. The highest BCUT2D eigenvalue weighted by atomic mass is 16.4. The van der Waals surface area contributed by atoms with Crippen molar-refractivity contribution in [2.45, 2.75) is 12.5 Å². The highest BCUT2D eigenvalue weighted by Gasteiger charge is 2.20. The second-order valence-corrected chi connectivity index (χ2v) is 4.86. The number of rotatable bonds is 5. The van der Waals surface area contributed by atoms with Gasteiger partial charge in [0.1, 0.15) is 23.9 Å². The number of carboxylic acids is 1. The van der Waals surface area contributed by atoms with Crippen LogP contribution in [-0.4, -0.2) is 22.2 Å². The molecule has 0 amide bonds. The summed E-state index contributed by atoms with van der Waals surface area (Å²) in [7, 11) is 0. The average Bonchev–Trinajstić information content (AvgIpc) is 2.55. The van der Waals surface area contributed by atoms with E-state index in [1.807, 2.05) is 12.1 Å². The molecule has 0 saturated heterocycles. The summed E-state index contributed by atoms with van der Waals surface area (Å²) >= 11 is 0. The predicted octanol–water partition coefficient (Wildman–Crippen LogP) is 2.24.